The van der Waals surface area contributed by atoms with Gasteiger partial charge in [-0.15, -0.1) is 20.1 Å². The number of alkyl halides is 2. The minimum absolute atomic E-state index is 0.0167. The van der Waals surface area contributed by atoms with E-state index in [1.807, 2.05) is 49.4 Å². The SMILES string of the molecule is Cc1cc(Cl)cc(-c2ccnc3cc(CN4C(=O)C5CC5C4=O)sc23)c1C.Cc1ccc(NC(=O)C2(c3ccc4c(c3)OC(F)(F)O4)CC2)nc1-c1cccc(C(=O)NCCSCCOCCN2CCNC(C)C2)c1. The third-order valence-electron chi connectivity index (χ3n) is 14.4. The van der Waals surface area contributed by atoms with Gasteiger partial charge in [0.15, 0.2) is 11.5 Å². The molecule has 75 heavy (non-hydrogen) atoms. The van der Waals surface area contributed by atoms with Crippen molar-refractivity contribution in [3.05, 3.63) is 123 Å². The number of anilines is 1. The van der Waals surface area contributed by atoms with Crippen LogP contribution in [0.5, 0.6) is 11.5 Å². The van der Waals surface area contributed by atoms with E-state index in [9.17, 15) is 28.0 Å². The second kappa shape index (κ2) is 21.9. The number of rotatable bonds is 17. The molecule has 3 unspecified atom stereocenters. The van der Waals surface area contributed by atoms with Crippen LogP contribution < -0.4 is 25.4 Å². The zero-order valence-electron chi connectivity index (χ0n) is 42.1. The van der Waals surface area contributed by atoms with Gasteiger partial charge in [-0.3, -0.25) is 34.0 Å². The van der Waals surface area contributed by atoms with Crippen LogP contribution >= 0.6 is 34.7 Å². The molecule has 2 aliphatic carbocycles. The Bertz CT molecular complexity index is 3170. The Hall–Kier alpha value is -6.02. The number of benzene rings is 3. The van der Waals surface area contributed by atoms with Crippen molar-refractivity contribution in [3.8, 4) is 33.9 Å². The maximum Gasteiger partial charge on any atom is 0.586 e. The molecule has 19 heteroatoms. The van der Waals surface area contributed by atoms with Gasteiger partial charge in [-0.1, -0.05) is 35.9 Å². The predicted octanol–water partition coefficient (Wildman–Crippen LogP) is 9.56. The minimum atomic E-state index is -3.72. The molecular formula is C56H58ClF2N7O7S2. The molecule has 6 heterocycles. The fraction of sp³-hybridized carbons (Fsp3) is 0.393. The van der Waals surface area contributed by atoms with Crippen LogP contribution in [-0.4, -0.2) is 113 Å². The van der Waals surface area contributed by atoms with Gasteiger partial charge in [-0.05, 0) is 129 Å². The number of amides is 4. The number of piperazine rings is 1. The largest absolute Gasteiger partial charge is 0.586 e. The summed E-state index contributed by atoms with van der Waals surface area (Å²) in [5.41, 5.74) is 7.89. The van der Waals surface area contributed by atoms with E-state index in [-0.39, 0.29) is 47.0 Å². The molecular weight excluding hydrogens is 1020 g/mol. The van der Waals surface area contributed by atoms with Crippen molar-refractivity contribution >= 4 is 74.4 Å². The number of ether oxygens (including phenoxy) is 3. The monoisotopic (exact) mass is 1080 g/mol. The number of likely N-dealkylation sites (tertiary alicyclic amines) is 1. The number of thiophene rings is 1. The third-order valence-corrected chi connectivity index (χ3v) is 16.7. The highest BCUT2D eigenvalue weighted by Crippen LogP contribution is 2.52. The Kier molecular flexibility index (Phi) is 15.3. The van der Waals surface area contributed by atoms with Crippen LogP contribution in [-0.2, 0) is 31.1 Å². The Morgan fingerprint density at radius 3 is 2.52 bits per heavy atom. The number of halogens is 3. The van der Waals surface area contributed by atoms with E-state index in [0.29, 0.717) is 66.2 Å². The summed E-state index contributed by atoms with van der Waals surface area (Å²) in [6.07, 6.45) is -0.0646. The lowest BCUT2D eigenvalue weighted by molar-refractivity contribution is -0.286. The van der Waals surface area contributed by atoms with E-state index in [0.717, 1.165) is 93.6 Å². The van der Waals surface area contributed by atoms with Gasteiger partial charge in [-0.2, -0.15) is 11.8 Å². The summed E-state index contributed by atoms with van der Waals surface area (Å²) in [5, 5.41) is 10.1. The maximum absolute atomic E-state index is 13.5. The van der Waals surface area contributed by atoms with Crippen molar-refractivity contribution in [2.75, 3.05) is 62.8 Å². The van der Waals surface area contributed by atoms with Crippen molar-refractivity contribution in [1.29, 1.82) is 0 Å². The van der Waals surface area contributed by atoms with E-state index < -0.39 is 11.7 Å². The van der Waals surface area contributed by atoms with Crippen LogP contribution in [0.15, 0.2) is 85.1 Å². The van der Waals surface area contributed by atoms with Gasteiger partial charge < -0.3 is 30.2 Å². The number of imide groups is 1. The topological polar surface area (TPSA) is 164 Å². The number of carbonyl (C=O) groups excluding carboxylic acids is 4. The first-order valence-electron chi connectivity index (χ1n) is 25.2. The van der Waals surface area contributed by atoms with Crippen LogP contribution in [0.3, 0.4) is 0 Å². The standard InChI is InChI=1S/C35H41F2N5O5S.C21H17ClN2O2S/c1-23-6-9-30(41-33(44)34(10-11-34)27-7-8-28-29(21-27)47-35(36,37)46-28)40-31(23)25-4-3-5-26(20-25)32(43)39-13-18-48-19-17-45-16-15-42-14-12-38-24(2)22-42;1-10-5-12(22)6-15(11(10)2)14-3-4-23-18-7-13(27-19(14)18)9-24-20(25)16-8-17(16)21(24)26/h3-9,20-21,24,38H,10-19,22H2,1-2H3,(H,39,43)(H,40,41,44);3-7,16-17H,8-9H2,1-2H3. The van der Waals surface area contributed by atoms with Gasteiger partial charge in [-0.25, -0.2) is 4.98 Å². The molecule has 11 rings (SSSR count). The number of aryl methyl sites for hydroxylation is 2. The molecule has 6 aromatic rings. The molecule has 5 aliphatic rings. The van der Waals surface area contributed by atoms with E-state index >= 15 is 0 Å². The number of piperidine rings is 1. The van der Waals surface area contributed by atoms with Gasteiger partial charge in [0, 0.05) is 83.1 Å². The van der Waals surface area contributed by atoms with Crippen LogP contribution in [0, 0.1) is 32.6 Å². The Morgan fingerprint density at radius 2 is 1.73 bits per heavy atom. The van der Waals surface area contributed by atoms with Gasteiger partial charge >= 0.3 is 6.29 Å². The lowest BCUT2D eigenvalue weighted by atomic mass is 9.94. The summed E-state index contributed by atoms with van der Waals surface area (Å²) in [7, 11) is 0. The van der Waals surface area contributed by atoms with Crippen molar-refractivity contribution in [2.24, 2.45) is 11.8 Å². The van der Waals surface area contributed by atoms with Gasteiger partial charge in [0.25, 0.3) is 5.91 Å². The average Bonchev–Trinajstić information content (AvgIpc) is 4.34. The predicted molar refractivity (Wildman–Crippen MR) is 288 cm³/mol. The van der Waals surface area contributed by atoms with Crippen molar-refractivity contribution < 1.29 is 42.2 Å². The van der Waals surface area contributed by atoms with E-state index in [1.165, 1.54) is 22.6 Å². The molecule has 3 aromatic heterocycles. The number of thioether (sulfide) groups is 1. The molecule has 0 spiro atoms. The number of nitrogens with one attached hydrogen (secondary N) is 3. The number of fused-ring (bicyclic) bond motifs is 3. The molecule has 3 atom stereocenters. The Morgan fingerprint density at radius 1 is 0.933 bits per heavy atom. The fourth-order valence-corrected chi connectivity index (χ4v) is 12.0. The summed E-state index contributed by atoms with van der Waals surface area (Å²) in [6, 6.07) is 23.7. The zero-order valence-corrected chi connectivity index (χ0v) is 44.5. The van der Waals surface area contributed by atoms with Gasteiger partial charge in [0.1, 0.15) is 5.82 Å². The Labute approximate surface area is 447 Å². The van der Waals surface area contributed by atoms with Crippen LogP contribution in [0.2, 0.25) is 5.02 Å². The Balaban J connectivity index is 0.000000199. The zero-order chi connectivity index (χ0) is 52.6. The van der Waals surface area contributed by atoms with Crippen molar-refractivity contribution in [2.45, 2.75) is 71.3 Å². The maximum atomic E-state index is 13.5. The van der Waals surface area contributed by atoms with Gasteiger partial charge in [0.2, 0.25) is 17.7 Å². The number of carbonyl (C=O) groups is 4. The van der Waals surface area contributed by atoms with Crippen LogP contribution in [0.25, 0.3) is 32.6 Å². The van der Waals surface area contributed by atoms with Crippen molar-refractivity contribution in [3.63, 3.8) is 0 Å². The summed E-state index contributed by atoms with van der Waals surface area (Å²) in [4.78, 5) is 64.9. The first kappa shape index (κ1) is 52.4. The fourth-order valence-electron chi connectivity index (χ4n) is 9.96. The molecule has 392 valence electrons. The number of hydrogen-bond donors (Lipinski definition) is 3. The van der Waals surface area contributed by atoms with E-state index in [1.54, 1.807) is 53.6 Å². The normalized spacial score (nSPS) is 19.9. The lowest BCUT2D eigenvalue weighted by Crippen LogP contribution is -2.49. The van der Waals surface area contributed by atoms with Crippen LogP contribution in [0.1, 0.15) is 63.7 Å². The minimum Gasteiger partial charge on any atom is -0.395 e. The molecule has 4 fully saturated rings. The molecule has 4 amide bonds. The number of hydrogen-bond acceptors (Lipinski definition) is 13. The number of nitrogens with zero attached hydrogens (tertiary/aromatic N) is 4. The summed E-state index contributed by atoms with van der Waals surface area (Å²) in [6.45, 7) is 14.7. The average molecular weight is 1080 g/mol. The molecule has 2 saturated heterocycles. The summed E-state index contributed by atoms with van der Waals surface area (Å²) in [5.74, 6) is 1.26. The lowest BCUT2D eigenvalue weighted by Gasteiger charge is -2.31. The smallest absolute Gasteiger partial charge is 0.395 e. The van der Waals surface area contributed by atoms with E-state index in [2.05, 4.69) is 56.1 Å². The molecule has 14 nitrogen and oxygen atoms in total. The number of pyridine rings is 2. The molecule has 3 aromatic carbocycles. The highest BCUT2D eigenvalue weighted by molar-refractivity contribution is 7.99. The van der Waals surface area contributed by atoms with Crippen LogP contribution in [0.4, 0.5) is 14.6 Å². The molecule has 0 radical (unpaired) electrons. The first-order chi connectivity index (χ1) is 36.1. The molecule has 3 aliphatic heterocycles. The van der Waals surface area contributed by atoms with Gasteiger partial charge in [0.05, 0.1) is 52.9 Å². The summed E-state index contributed by atoms with van der Waals surface area (Å²) < 4.78 is 43.0. The first-order valence-corrected chi connectivity index (χ1v) is 27.6. The number of aromatic nitrogens is 2. The highest BCUT2D eigenvalue weighted by Gasteiger charge is 2.59. The highest BCUT2D eigenvalue weighted by atomic mass is 35.5. The quantitative estimate of drug-likeness (QED) is 0.0587. The molecule has 3 N–H and O–H groups in total. The third kappa shape index (κ3) is 11.7. The second-order valence-corrected chi connectivity index (χ2v) is 22.6. The summed E-state index contributed by atoms with van der Waals surface area (Å²) >= 11 is 9.64. The molecule has 0 bridgehead atoms. The van der Waals surface area contributed by atoms with E-state index in [4.69, 9.17) is 21.3 Å². The molecule has 2 saturated carbocycles. The second-order valence-electron chi connectivity index (χ2n) is 19.8. The van der Waals surface area contributed by atoms with Crippen molar-refractivity contribution in [1.82, 2.24) is 30.4 Å².